The van der Waals surface area contributed by atoms with Gasteiger partial charge in [-0.25, -0.2) is 14.5 Å². The van der Waals surface area contributed by atoms with Gasteiger partial charge in [0.2, 0.25) is 0 Å². The molecule has 1 aliphatic heterocycles. The largest absolute Gasteiger partial charge is 0.440 e. The lowest BCUT2D eigenvalue weighted by atomic mass is 10.2. The molecule has 144 valence electrons. The Bertz CT molecular complexity index is 945. The van der Waals surface area contributed by atoms with Gasteiger partial charge in [0.1, 0.15) is 6.54 Å². The van der Waals surface area contributed by atoms with E-state index in [1.807, 2.05) is 0 Å². The number of urea groups is 1. The zero-order valence-corrected chi connectivity index (χ0v) is 15.6. The summed E-state index contributed by atoms with van der Waals surface area (Å²) in [6.07, 6.45) is 0. The van der Waals surface area contributed by atoms with E-state index in [-0.39, 0.29) is 23.0 Å². The first-order chi connectivity index (χ1) is 13.4. The molecule has 28 heavy (non-hydrogen) atoms. The number of carbonyl (C=O) groups is 4. The third-order valence-corrected chi connectivity index (χ3v) is 4.47. The first kappa shape index (κ1) is 19.4. The van der Waals surface area contributed by atoms with Gasteiger partial charge < -0.3 is 10.1 Å². The molecule has 0 aliphatic carbocycles. The summed E-state index contributed by atoms with van der Waals surface area (Å²) in [5, 5.41) is 2.71. The zero-order chi connectivity index (χ0) is 20.3. The number of benzene rings is 2. The summed E-state index contributed by atoms with van der Waals surface area (Å²) >= 11 is 5.94. The van der Waals surface area contributed by atoms with Crippen molar-refractivity contribution < 1.29 is 23.9 Å². The second kappa shape index (κ2) is 8.10. The third kappa shape index (κ3) is 3.81. The van der Waals surface area contributed by atoms with Crippen molar-refractivity contribution in [2.45, 2.75) is 0 Å². The number of amides is 4. The van der Waals surface area contributed by atoms with Gasteiger partial charge >= 0.3 is 12.0 Å². The Morgan fingerprint density at radius 2 is 1.79 bits per heavy atom. The second-order valence-corrected chi connectivity index (χ2v) is 6.26. The molecule has 0 radical (unpaired) electrons. The van der Waals surface area contributed by atoms with Gasteiger partial charge in [0.05, 0.1) is 10.6 Å². The number of hydrogen-bond donors (Lipinski definition) is 1. The summed E-state index contributed by atoms with van der Waals surface area (Å²) in [4.78, 5) is 50.5. The lowest BCUT2D eigenvalue weighted by Gasteiger charge is -2.17. The van der Waals surface area contributed by atoms with E-state index >= 15 is 0 Å². The summed E-state index contributed by atoms with van der Waals surface area (Å²) < 4.78 is 5.06. The predicted octanol–water partition coefficient (Wildman–Crippen LogP) is 2.28. The molecule has 2 aromatic rings. The van der Waals surface area contributed by atoms with Gasteiger partial charge in [-0.05, 0) is 36.4 Å². The average molecular weight is 402 g/mol. The first-order valence-corrected chi connectivity index (χ1v) is 8.66. The fourth-order valence-corrected chi connectivity index (χ4v) is 2.85. The Morgan fingerprint density at radius 1 is 1.11 bits per heavy atom. The number of rotatable bonds is 5. The van der Waals surface area contributed by atoms with Gasteiger partial charge in [0.25, 0.3) is 11.8 Å². The Morgan fingerprint density at radius 3 is 2.43 bits per heavy atom. The minimum absolute atomic E-state index is 0.143. The van der Waals surface area contributed by atoms with Crippen LogP contribution in [-0.2, 0) is 9.53 Å². The maximum atomic E-state index is 12.5. The first-order valence-electron chi connectivity index (χ1n) is 8.28. The topological polar surface area (TPSA) is 96.0 Å². The average Bonchev–Trinajstić information content (AvgIpc) is 2.99. The van der Waals surface area contributed by atoms with Gasteiger partial charge in [-0.1, -0.05) is 23.7 Å². The fraction of sp³-hybridized carbons (Fsp3) is 0.158. The molecule has 9 heteroatoms. The molecule has 1 saturated heterocycles. The third-order valence-electron chi connectivity index (χ3n) is 4.14. The van der Waals surface area contributed by atoms with Gasteiger partial charge in [-0.2, -0.15) is 0 Å². The molecule has 0 bridgehead atoms. The van der Waals surface area contributed by atoms with Gasteiger partial charge in [-0.15, -0.1) is 0 Å². The van der Waals surface area contributed by atoms with Crippen molar-refractivity contribution in [3.63, 3.8) is 0 Å². The summed E-state index contributed by atoms with van der Waals surface area (Å²) in [6, 6.07) is 11.9. The molecule has 8 nitrogen and oxygen atoms in total. The van der Waals surface area contributed by atoms with Crippen LogP contribution in [0.1, 0.15) is 20.7 Å². The van der Waals surface area contributed by atoms with Crippen molar-refractivity contribution in [1.82, 2.24) is 10.2 Å². The highest BCUT2D eigenvalue weighted by atomic mass is 35.5. The predicted molar refractivity (Wildman–Crippen MR) is 101 cm³/mol. The molecule has 0 aromatic heterocycles. The van der Waals surface area contributed by atoms with E-state index in [0.717, 1.165) is 4.90 Å². The van der Waals surface area contributed by atoms with E-state index in [0.29, 0.717) is 11.3 Å². The Labute approximate surface area is 165 Å². The number of anilines is 1. The molecule has 1 N–H and O–H groups in total. The molecule has 1 heterocycles. The normalized spacial score (nSPS) is 13.6. The van der Waals surface area contributed by atoms with Gasteiger partial charge in [0, 0.05) is 18.3 Å². The Balaban J connectivity index is 1.67. The smallest absolute Gasteiger partial charge is 0.341 e. The summed E-state index contributed by atoms with van der Waals surface area (Å²) in [5.74, 6) is -1.50. The minimum Gasteiger partial charge on any atom is -0.440 e. The van der Waals surface area contributed by atoms with Crippen LogP contribution in [0.5, 0.6) is 0 Å². The Hall–Kier alpha value is -3.39. The Kier molecular flexibility index (Phi) is 5.60. The van der Waals surface area contributed by atoms with E-state index in [1.54, 1.807) is 36.4 Å². The molecule has 3 rings (SSSR count). The molecule has 2 aromatic carbocycles. The number of esters is 1. The highest BCUT2D eigenvalue weighted by molar-refractivity contribution is 6.33. The number of carbonyl (C=O) groups excluding carboxylic acids is 4. The van der Waals surface area contributed by atoms with E-state index in [1.165, 1.54) is 24.1 Å². The summed E-state index contributed by atoms with van der Waals surface area (Å²) in [6.45, 7) is -0.712. The van der Waals surface area contributed by atoms with Crippen LogP contribution in [0.3, 0.4) is 0 Å². The number of imide groups is 1. The highest BCUT2D eigenvalue weighted by Gasteiger charge is 2.37. The van der Waals surface area contributed by atoms with Crippen LogP contribution in [0, 0.1) is 0 Å². The summed E-state index contributed by atoms with van der Waals surface area (Å²) in [5.41, 5.74) is 1.02. The molecule has 0 spiro atoms. The number of hydrogen-bond acceptors (Lipinski definition) is 5. The maximum absolute atomic E-state index is 12.5. The molecular weight excluding hydrogens is 386 g/mol. The van der Waals surface area contributed by atoms with E-state index in [9.17, 15) is 19.2 Å². The maximum Gasteiger partial charge on any atom is 0.341 e. The second-order valence-electron chi connectivity index (χ2n) is 5.86. The van der Waals surface area contributed by atoms with Gasteiger partial charge in [0.15, 0.2) is 6.73 Å². The number of nitrogens with zero attached hydrogens (tertiary/aromatic N) is 2. The standard InChI is InChI=1S/C19H16ClN3O5/c1-21-17(25)12-6-8-13(9-7-12)22-10-16(24)23(19(22)27)11-28-18(26)14-4-2-3-5-15(14)20/h2-9H,10-11H2,1H3,(H,21,25). The molecular formula is C19H16ClN3O5. The van der Waals surface area contributed by atoms with Gasteiger partial charge in [-0.3, -0.25) is 14.5 Å². The molecule has 1 fully saturated rings. The van der Waals surface area contributed by atoms with E-state index in [4.69, 9.17) is 16.3 Å². The van der Waals surface area contributed by atoms with Crippen LogP contribution in [0.15, 0.2) is 48.5 Å². The van der Waals surface area contributed by atoms with Crippen molar-refractivity contribution >= 4 is 41.1 Å². The molecule has 4 amide bonds. The van der Waals surface area contributed by atoms with Crippen LogP contribution in [0.25, 0.3) is 0 Å². The van der Waals surface area contributed by atoms with Crippen molar-refractivity contribution in [2.75, 3.05) is 25.2 Å². The van der Waals surface area contributed by atoms with Crippen molar-refractivity contribution in [3.05, 3.63) is 64.7 Å². The van der Waals surface area contributed by atoms with Crippen LogP contribution in [-0.4, -0.2) is 49.0 Å². The van der Waals surface area contributed by atoms with E-state index in [2.05, 4.69) is 5.32 Å². The monoisotopic (exact) mass is 401 g/mol. The van der Waals surface area contributed by atoms with Crippen LogP contribution in [0.4, 0.5) is 10.5 Å². The van der Waals surface area contributed by atoms with Crippen LogP contribution < -0.4 is 10.2 Å². The number of ether oxygens (including phenoxy) is 1. The SMILES string of the molecule is CNC(=O)c1ccc(N2CC(=O)N(COC(=O)c3ccccc3Cl)C2=O)cc1. The lowest BCUT2D eigenvalue weighted by molar-refractivity contribution is -0.127. The minimum atomic E-state index is -0.736. The van der Waals surface area contributed by atoms with E-state index < -0.39 is 24.6 Å². The quantitative estimate of drug-likeness (QED) is 0.612. The molecule has 0 atom stereocenters. The lowest BCUT2D eigenvalue weighted by Crippen LogP contribution is -2.35. The zero-order valence-electron chi connectivity index (χ0n) is 14.8. The number of halogens is 1. The van der Waals surface area contributed by atoms with Crippen molar-refractivity contribution in [3.8, 4) is 0 Å². The van der Waals surface area contributed by atoms with Crippen LogP contribution >= 0.6 is 11.6 Å². The van der Waals surface area contributed by atoms with Crippen molar-refractivity contribution in [1.29, 1.82) is 0 Å². The molecule has 1 aliphatic rings. The van der Waals surface area contributed by atoms with Crippen LogP contribution in [0.2, 0.25) is 5.02 Å². The molecule has 0 unspecified atom stereocenters. The highest BCUT2D eigenvalue weighted by Crippen LogP contribution is 2.22. The fourth-order valence-electron chi connectivity index (χ4n) is 2.63. The number of nitrogens with one attached hydrogen (secondary N) is 1. The molecule has 0 saturated carbocycles. The van der Waals surface area contributed by atoms with Crippen molar-refractivity contribution in [2.24, 2.45) is 0 Å². The summed E-state index contributed by atoms with van der Waals surface area (Å²) in [7, 11) is 1.51.